The minimum absolute atomic E-state index is 0.0674. The minimum Gasteiger partial charge on any atom is -0.507 e. The van der Waals surface area contributed by atoms with E-state index < -0.39 is 12.3 Å². The van der Waals surface area contributed by atoms with Crippen molar-refractivity contribution in [2.24, 2.45) is 0 Å². The molecule has 1 aromatic carbocycles. The first kappa shape index (κ1) is 19.8. The summed E-state index contributed by atoms with van der Waals surface area (Å²) in [5, 5.41) is 22.2. The Kier molecular flexibility index (Phi) is 5.23. The summed E-state index contributed by atoms with van der Waals surface area (Å²) in [6, 6.07) is 8.80. The summed E-state index contributed by atoms with van der Waals surface area (Å²) in [5.74, 6) is 0.361. The maximum absolute atomic E-state index is 14.7. The van der Waals surface area contributed by atoms with E-state index in [4.69, 9.17) is 4.74 Å². The number of piperidine rings is 2. The molecule has 0 amide bonds. The van der Waals surface area contributed by atoms with Crippen LogP contribution < -0.4 is 10.1 Å². The Bertz CT molecular complexity index is 1060. The van der Waals surface area contributed by atoms with Gasteiger partial charge in [-0.3, -0.25) is 9.97 Å². The molecule has 7 nitrogen and oxygen atoms in total. The van der Waals surface area contributed by atoms with Crippen LogP contribution in [-0.2, 0) is 0 Å². The van der Waals surface area contributed by atoms with E-state index in [0.717, 1.165) is 30.5 Å². The van der Waals surface area contributed by atoms with Crippen molar-refractivity contribution in [2.75, 3.05) is 0 Å². The number of fused-ring (bicyclic) bond motifs is 2. The Hall–Kier alpha value is -3.13. The molecule has 2 aliphatic rings. The number of nitrogens with one attached hydrogen (secondary N) is 1. The quantitative estimate of drug-likeness (QED) is 0.665. The van der Waals surface area contributed by atoms with E-state index >= 15 is 0 Å². The van der Waals surface area contributed by atoms with E-state index in [9.17, 15) is 9.50 Å². The van der Waals surface area contributed by atoms with Gasteiger partial charge in [0.1, 0.15) is 11.9 Å². The van der Waals surface area contributed by atoms with Crippen LogP contribution in [0.1, 0.15) is 31.4 Å². The predicted octanol–water partition coefficient (Wildman–Crippen LogP) is 3.61. The Labute approximate surface area is 179 Å². The van der Waals surface area contributed by atoms with Crippen LogP contribution in [0.15, 0.2) is 42.7 Å². The van der Waals surface area contributed by atoms with Crippen LogP contribution in [0, 0.1) is 6.92 Å². The highest BCUT2D eigenvalue weighted by molar-refractivity contribution is 5.72. The van der Waals surface area contributed by atoms with Crippen molar-refractivity contribution in [3.63, 3.8) is 0 Å². The van der Waals surface area contributed by atoms with Crippen LogP contribution in [0.4, 0.5) is 4.39 Å². The lowest BCUT2D eigenvalue weighted by Gasteiger charge is -2.42. The molecule has 0 saturated carbocycles. The lowest BCUT2D eigenvalue weighted by molar-refractivity contribution is 0.00652. The molecule has 2 saturated heterocycles. The van der Waals surface area contributed by atoms with Gasteiger partial charge < -0.3 is 15.2 Å². The third kappa shape index (κ3) is 4.07. The molecule has 8 heteroatoms. The molecule has 2 bridgehead atoms. The Morgan fingerprint density at radius 3 is 2.71 bits per heavy atom. The smallest absolute Gasteiger partial charge is 0.233 e. The normalized spacial score (nSPS) is 25.2. The lowest BCUT2D eigenvalue weighted by Crippen LogP contribution is -2.59. The molecular weight excluding hydrogens is 397 g/mol. The van der Waals surface area contributed by atoms with Crippen LogP contribution in [0.2, 0.25) is 0 Å². The molecule has 0 radical (unpaired) electrons. The average Bonchev–Trinajstić information content (AvgIpc) is 2.79. The van der Waals surface area contributed by atoms with Gasteiger partial charge in [0.05, 0.1) is 23.3 Å². The van der Waals surface area contributed by atoms with Crippen molar-refractivity contribution >= 4 is 0 Å². The fraction of sp³-hybridized carbons (Fsp3) is 0.391. The highest BCUT2D eigenvalue weighted by Crippen LogP contribution is 2.33. The number of hydrogen-bond acceptors (Lipinski definition) is 7. The number of rotatable bonds is 4. The van der Waals surface area contributed by atoms with Crippen molar-refractivity contribution in [2.45, 2.75) is 57.0 Å². The maximum Gasteiger partial charge on any atom is 0.233 e. The monoisotopic (exact) mass is 421 g/mol. The molecule has 3 aromatic rings. The summed E-state index contributed by atoms with van der Waals surface area (Å²) in [4.78, 5) is 8.57. The Morgan fingerprint density at radius 1 is 1.06 bits per heavy atom. The molecule has 2 fully saturated rings. The van der Waals surface area contributed by atoms with Gasteiger partial charge in [0.15, 0.2) is 6.17 Å². The molecule has 2 N–H and O–H groups in total. The average molecular weight is 421 g/mol. The van der Waals surface area contributed by atoms with Gasteiger partial charge >= 0.3 is 0 Å². The van der Waals surface area contributed by atoms with Crippen molar-refractivity contribution in [3.8, 4) is 34.1 Å². The standard InChI is InChI=1S/C23H24FN5O2/c1-13-11-26-19(12-25-13)14-5-6-16(20(30)9-14)17-7-8-22(29-28-17)31-21-10-15-3-2-4-18(27-15)23(21)24/h5-9,11-12,15,18,21,23,27,30H,2-4,10H2,1H3/t15?,18?,21-,23+/m1/s1. The molecule has 2 aromatic heterocycles. The Morgan fingerprint density at radius 2 is 1.97 bits per heavy atom. The van der Waals surface area contributed by atoms with Gasteiger partial charge in [-0.1, -0.05) is 12.5 Å². The Balaban J connectivity index is 1.31. The van der Waals surface area contributed by atoms with Gasteiger partial charge in [-0.2, -0.15) is 0 Å². The number of benzene rings is 1. The number of aromatic nitrogens is 4. The van der Waals surface area contributed by atoms with Crippen molar-refractivity contribution in [1.29, 1.82) is 0 Å². The highest BCUT2D eigenvalue weighted by atomic mass is 19.1. The number of hydrogen-bond donors (Lipinski definition) is 2. The topological polar surface area (TPSA) is 93.0 Å². The largest absolute Gasteiger partial charge is 0.507 e. The summed E-state index contributed by atoms with van der Waals surface area (Å²) in [6.45, 7) is 1.87. The third-order valence-corrected chi connectivity index (χ3v) is 6.04. The summed E-state index contributed by atoms with van der Waals surface area (Å²) in [7, 11) is 0. The predicted molar refractivity (Wildman–Crippen MR) is 113 cm³/mol. The lowest BCUT2D eigenvalue weighted by atomic mass is 9.84. The number of halogens is 1. The van der Waals surface area contributed by atoms with Crippen molar-refractivity contribution in [1.82, 2.24) is 25.5 Å². The van der Waals surface area contributed by atoms with Gasteiger partial charge in [0.2, 0.25) is 5.88 Å². The summed E-state index contributed by atoms with van der Waals surface area (Å²) < 4.78 is 20.6. The number of ether oxygens (including phenoxy) is 1. The number of aromatic hydroxyl groups is 1. The van der Waals surface area contributed by atoms with Crippen molar-refractivity contribution in [3.05, 3.63) is 48.4 Å². The van der Waals surface area contributed by atoms with Crippen LogP contribution in [0.5, 0.6) is 11.6 Å². The second kappa shape index (κ2) is 8.19. The number of phenols is 1. The van der Waals surface area contributed by atoms with E-state index in [-0.39, 0.29) is 11.8 Å². The summed E-state index contributed by atoms with van der Waals surface area (Å²) >= 11 is 0. The summed E-state index contributed by atoms with van der Waals surface area (Å²) in [6.07, 6.45) is 5.36. The van der Waals surface area contributed by atoms with E-state index in [1.54, 1.807) is 36.7 Å². The molecule has 0 aliphatic carbocycles. The molecular formula is C23H24FN5O2. The fourth-order valence-electron chi connectivity index (χ4n) is 4.40. The van der Waals surface area contributed by atoms with E-state index in [0.29, 0.717) is 35.3 Å². The van der Waals surface area contributed by atoms with Gasteiger partial charge in [0.25, 0.3) is 0 Å². The molecule has 2 unspecified atom stereocenters. The zero-order valence-electron chi connectivity index (χ0n) is 17.2. The van der Waals surface area contributed by atoms with Crippen LogP contribution in [-0.4, -0.2) is 49.6 Å². The molecule has 4 atom stereocenters. The van der Waals surface area contributed by atoms with Gasteiger partial charge in [-0.05, 0) is 38.0 Å². The zero-order valence-corrected chi connectivity index (χ0v) is 17.2. The fourth-order valence-corrected chi connectivity index (χ4v) is 4.40. The molecule has 0 spiro atoms. The van der Waals surface area contributed by atoms with Crippen molar-refractivity contribution < 1.29 is 14.2 Å². The second-order valence-electron chi connectivity index (χ2n) is 8.27. The van der Waals surface area contributed by atoms with Gasteiger partial charge in [-0.15, -0.1) is 10.2 Å². The number of nitrogens with zero attached hydrogens (tertiary/aromatic N) is 4. The molecule has 2 aliphatic heterocycles. The zero-order chi connectivity index (χ0) is 21.4. The maximum atomic E-state index is 14.7. The van der Waals surface area contributed by atoms with Crippen LogP contribution >= 0.6 is 0 Å². The third-order valence-electron chi connectivity index (χ3n) is 6.04. The first-order valence-electron chi connectivity index (χ1n) is 10.6. The highest BCUT2D eigenvalue weighted by Gasteiger charge is 2.41. The SMILES string of the molecule is Cc1cnc(-c2ccc(-c3ccc(O[C@@H]4CC5CCCC(N5)[C@@H]4F)nn3)c(O)c2)cn1. The van der Waals surface area contributed by atoms with Gasteiger partial charge in [-0.25, -0.2) is 4.39 Å². The van der Waals surface area contributed by atoms with E-state index in [2.05, 4.69) is 25.5 Å². The van der Waals surface area contributed by atoms with E-state index in [1.165, 1.54) is 0 Å². The molecule has 5 rings (SSSR count). The van der Waals surface area contributed by atoms with Crippen LogP contribution in [0.25, 0.3) is 22.5 Å². The second-order valence-corrected chi connectivity index (χ2v) is 8.27. The van der Waals surface area contributed by atoms with Crippen LogP contribution in [0.3, 0.4) is 0 Å². The molecule has 160 valence electrons. The number of phenolic OH excluding ortho intramolecular Hbond substituents is 1. The molecule has 4 heterocycles. The van der Waals surface area contributed by atoms with E-state index in [1.807, 2.05) is 13.0 Å². The summed E-state index contributed by atoms with van der Waals surface area (Å²) in [5.41, 5.74) is 3.31. The first-order valence-corrected chi connectivity index (χ1v) is 10.6. The first-order chi connectivity index (χ1) is 15.1. The molecule has 31 heavy (non-hydrogen) atoms. The number of aryl methyl sites for hydroxylation is 1. The minimum atomic E-state index is -1.06. The van der Waals surface area contributed by atoms with Gasteiger partial charge in [0, 0.05) is 41.9 Å². The number of alkyl halides is 1.